The molecule has 0 aromatic carbocycles. The Bertz CT molecular complexity index is 310. The van der Waals surface area contributed by atoms with Crippen LogP contribution >= 0.6 is 0 Å². The third-order valence-electron chi connectivity index (χ3n) is 1.59. The molecule has 3 heteroatoms. The molecule has 0 saturated carbocycles. The SMILES string of the molecule is [Au+].c1ccc(-c2ccccn2)nc1. The predicted molar refractivity (Wildman–Crippen MR) is 47.5 cm³/mol. The molecular formula is C10H8AuN2+. The van der Waals surface area contributed by atoms with Crippen LogP contribution in [0, 0.1) is 0 Å². The smallest absolute Gasteiger partial charge is 0.255 e. The van der Waals surface area contributed by atoms with E-state index in [0.717, 1.165) is 11.4 Å². The average Bonchev–Trinajstić information content (AvgIpc) is 2.21. The Morgan fingerprint density at radius 1 is 0.692 bits per heavy atom. The molecular weight excluding hydrogens is 345 g/mol. The van der Waals surface area contributed by atoms with E-state index < -0.39 is 0 Å². The first kappa shape index (κ1) is 10.1. The van der Waals surface area contributed by atoms with Crippen LogP contribution in [0.25, 0.3) is 11.4 Å². The Balaban J connectivity index is 0.000000845. The first-order valence-electron chi connectivity index (χ1n) is 3.79. The summed E-state index contributed by atoms with van der Waals surface area (Å²) in [5.41, 5.74) is 1.83. The summed E-state index contributed by atoms with van der Waals surface area (Å²) in [4.78, 5) is 8.37. The van der Waals surface area contributed by atoms with Crippen molar-refractivity contribution in [3.8, 4) is 11.4 Å². The number of hydrogen-bond acceptors (Lipinski definition) is 2. The van der Waals surface area contributed by atoms with E-state index in [2.05, 4.69) is 9.97 Å². The van der Waals surface area contributed by atoms with Crippen molar-refractivity contribution in [3.63, 3.8) is 0 Å². The fourth-order valence-electron chi connectivity index (χ4n) is 1.03. The molecule has 0 aliphatic rings. The van der Waals surface area contributed by atoms with E-state index in [-0.39, 0.29) is 22.4 Å². The molecule has 0 spiro atoms. The van der Waals surface area contributed by atoms with E-state index >= 15 is 0 Å². The minimum Gasteiger partial charge on any atom is -0.255 e. The van der Waals surface area contributed by atoms with Gasteiger partial charge in [0.05, 0.1) is 11.4 Å². The van der Waals surface area contributed by atoms with Crippen LogP contribution in [-0.4, -0.2) is 9.97 Å². The van der Waals surface area contributed by atoms with Crippen LogP contribution in [0.4, 0.5) is 0 Å². The van der Waals surface area contributed by atoms with Crippen molar-refractivity contribution < 1.29 is 22.4 Å². The minimum atomic E-state index is 0. The van der Waals surface area contributed by atoms with E-state index in [1.54, 1.807) is 12.4 Å². The monoisotopic (exact) mass is 353 g/mol. The van der Waals surface area contributed by atoms with E-state index in [4.69, 9.17) is 0 Å². The van der Waals surface area contributed by atoms with Crippen molar-refractivity contribution in [1.82, 2.24) is 9.97 Å². The zero-order valence-electron chi connectivity index (χ0n) is 6.81. The first-order chi connectivity index (χ1) is 5.97. The molecule has 0 atom stereocenters. The van der Waals surface area contributed by atoms with Gasteiger partial charge < -0.3 is 0 Å². The molecule has 2 nitrogen and oxygen atoms in total. The van der Waals surface area contributed by atoms with Crippen molar-refractivity contribution in [1.29, 1.82) is 0 Å². The maximum Gasteiger partial charge on any atom is 1.00 e. The van der Waals surface area contributed by atoms with Crippen LogP contribution < -0.4 is 0 Å². The van der Waals surface area contributed by atoms with Gasteiger partial charge in [-0.1, -0.05) is 12.1 Å². The molecule has 0 N–H and O–H groups in total. The van der Waals surface area contributed by atoms with Gasteiger partial charge in [-0.3, -0.25) is 9.97 Å². The second-order valence-corrected chi connectivity index (χ2v) is 2.43. The molecule has 0 amide bonds. The molecule has 0 fully saturated rings. The first-order valence-corrected chi connectivity index (χ1v) is 3.79. The van der Waals surface area contributed by atoms with Crippen LogP contribution in [0.3, 0.4) is 0 Å². The summed E-state index contributed by atoms with van der Waals surface area (Å²) in [6.45, 7) is 0. The fraction of sp³-hybridized carbons (Fsp3) is 0. The second-order valence-electron chi connectivity index (χ2n) is 2.43. The third-order valence-corrected chi connectivity index (χ3v) is 1.59. The maximum atomic E-state index is 4.19. The van der Waals surface area contributed by atoms with Crippen LogP contribution in [0.5, 0.6) is 0 Å². The molecule has 2 aromatic rings. The molecule has 13 heavy (non-hydrogen) atoms. The van der Waals surface area contributed by atoms with E-state index in [9.17, 15) is 0 Å². The van der Waals surface area contributed by atoms with Gasteiger partial charge in [0.1, 0.15) is 0 Å². The molecule has 0 saturated heterocycles. The topological polar surface area (TPSA) is 25.8 Å². The Morgan fingerprint density at radius 2 is 1.15 bits per heavy atom. The van der Waals surface area contributed by atoms with Crippen molar-refractivity contribution in [2.24, 2.45) is 0 Å². The molecule has 0 aliphatic carbocycles. The van der Waals surface area contributed by atoms with Crippen molar-refractivity contribution in [2.45, 2.75) is 0 Å². The van der Waals surface area contributed by atoms with Gasteiger partial charge in [-0.2, -0.15) is 0 Å². The summed E-state index contributed by atoms with van der Waals surface area (Å²) in [6, 6.07) is 11.6. The van der Waals surface area contributed by atoms with Crippen LogP contribution in [0.1, 0.15) is 0 Å². The normalized spacial score (nSPS) is 8.92. The van der Waals surface area contributed by atoms with Crippen LogP contribution in [0.2, 0.25) is 0 Å². The number of pyridine rings is 2. The number of hydrogen-bond donors (Lipinski definition) is 0. The zero-order chi connectivity index (χ0) is 8.23. The summed E-state index contributed by atoms with van der Waals surface area (Å²) >= 11 is 0. The Morgan fingerprint density at radius 3 is 1.46 bits per heavy atom. The average molecular weight is 353 g/mol. The largest absolute Gasteiger partial charge is 1.00 e. The third kappa shape index (κ3) is 2.49. The summed E-state index contributed by atoms with van der Waals surface area (Å²) < 4.78 is 0. The van der Waals surface area contributed by atoms with Gasteiger partial charge in [-0.05, 0) is 24.3 Å². The summed E-state index contributed by atoms with van der Waals surface area (Å²) in [6.07, 6.45) is 3.54. The summed E-state index contributed by atoms with van der Waals surface area (Å²) in [5, 5.41) is 0. The fourth-order valence-corrected chi connectivity index (χ4v) is 1.03. The summed E-state index contributed by atoms with van der Waals surface area (Å²) in [7, 11) is 0. The molecule has 0 unspecified atom stereocenters. The van der Waals surface area contributed by atoms with Crippen LogP contribution in [-0.2, 0) is 22.4 Å². The van der Waals surface area contributed by atoms with Crippen molar-refractivity contribution in [3.05, 3.63) is 48.8 Å². The van der Waals surface area contributed by atoms with Crippen molar-refractivity contribution >= 4 is 0 Å². The number of rotatable bonds is 1. The van der Waals surface area contributed by atoms with Gasteiger partial charge >= 0.3 is 22.4 Å². The molecule has 2 heterocycles. The predicted octanol–water partition coefficient (Wildman–Crippen LogP) is 2.14. The van der Waals surface area contributed by atoms with Gasteiger partial charge in [0.25, 0.3) is 0 Å². The quantitative estimate of drug-likeness (QED) is 0.735. The second kappa shape index (κ2) is 4.92. The Hall–Kier alpha value is -0.960. The van der Waals surface area contributed by atoms with Gasteiger partial charge in [0, 0.05) is 12.4 Å². The Labute approximate surface area is 92.6 Å². The van der Waals surface area contributed by atoms with Gasteiger partial charge in [-0.15, -0.1) is 0 Å². The van der Waals surface area contributed by atoms with Crippen molar-refractivity contribution in [2.75, 3.05) is 0 Å². The van der Waals surface area contributed by atoms with E-state index in [1.807, 2.05) is 36.4 Å². The maximum absolute atomic E-state index is 4.19. The number of nitrogens with zero attached hydrogens (tertiary/aromatic N) is 2. The minimum absolute atomic E-state index is 0. The number of aromatic nitrogens is 2. The van der Waals surface area contributed by atoms with E-state index in [1.165, 1.54) is 0 Å². The standard InChI is InChI=1S/C10H8N2.Au/c1-3-7-11-9(5-1)10-6-2-4-8-12-10;/h1-8H;/q;+1. The molecule has 68 valence electrons. The molecule has 0 bridgehead atoms. The molecule has 0 aliphatic heterocycles. The molecule has 2 rings (SSSR count). The zero-order valence-corrected chi connectivity index (χ0v) is 8.98. The van der Waals surface area contributed by atoms with Crippen LogP contribution in [0.15, 0.2) is 48.8 Å². The molecule has 2 aromatic heterocycles. The Kier molecular flexibility index (Phi) is 3.83. The van der Waals surface area contributed by atoms with Gasteiger partial charge in [-0.25, -0.2) is 0 Å². The summed E-state index contributed by atoms with van der Waals surface area (Å²) in [5.74, 6) is 0. The van der Waals surface area contributed by atoms with Gasteiger partial charge in [0.2, 0.25) is 0 Å². The van der Waals surface area contributed by atoms with Gasteiger partial charge in [0.15, 0.2) is 0 Å². The molecule has 0 radical (unpaired) electrons. The van der Waals surface area contributed by atoms with E-state index in [0.29, 0.717) is 0 Å².